The van der Waals surface area contributed by atoms with Gasteiger partial charge in [-0.05, 0) is 73.7 Å². The molecule has 3 fully saturated rings. The summed E-state index contributed by atoms with van der Waals surface area (Å²) >= 11 is 3.23. The molecule has 2 saturated heterocycles. The van der Waals surface area contributed by atoms with E-state index in [4.69, 9.17) is 9.47 Å². The van der Waals surface area contributed by atoms with Gasteiger partial charge in [0.25, 0.3) is 0 Å². The first-order valence-corrected chi connectivity index (χ1v) is 10.6. The Morgan fingerprint density at radius 3 is 2.14 bits per heavy atom. The van der Waals surface area contributed by atoms with E-state index in [9.17, 15) is 14.0 Å². The summed E-state index contributed by atoms with van der Waals surface area (Å²) in [5.74, 6) is -1.20. The van der Waals surface area contributed by atoms with E-state index in [0.717, 1.165) is 29.5 Å². The van der Waals surface area contributed by atoms with Gasteiger partial charge in [0.15, 0.2) is 23.1 Å². The molecule has 5 atom stereocenters. The smallest absolute Gasteiger partial charge is 0.166 e. The van der Waals surface area contributed by atoms with Crippen molar-refractivity contribution in [3.63, 3.8) is 0 Å². The van der Waals surface area contributed by atoms with Crippen LogP contribution < -0.4 is 4.74 Å². The zero-order valence-electron chi connectivity index (χ0n) is 16.1. The Labute approximate surface area is 176 Å². The molecule has 6 heteroatoms. The van der Waals surface area contributed by atoms with Crippen molar-refractivity contribution in [1.82, 2.24) is 0 Å². The van der Waals surface area contributed by atoms with Crippen molar-refractivity contribution in [3.05, 3.63) is 57.3 Å². The predicted molar refractivity (Wildman–Crippen MR) is 108 cm³/mol. The highest BCUT2D eigenvalue weighted by atomic mass is 79.9. The van der Waals surface area contributed by atoms with E-state index in [1.54, 1.807) is 24.3 Å². The first-order chi connectivity index (χ1) is 13.8. The van der Waals surface area contributed by atoms with Crippen LogP contribution in [0, 0.1) is 31.5 Å². The van der Waals surface area contributed by atoms with Crippen LogP contribution in [0.5, 0.6) is 11.5 Å². The average molecular weight is 459 g/mol. The molecule has 2 aliphatic heterocycles. The fourth-order valence-corrected chi connectivity index (χ4v) is 5.68. The van der Waals surface area contributed by atoms with E-state index in [1.807, 2.05) is 13.8 Å². The van der Waals surface area contributed by atoms with Crippen molar-refractivity contribution < 1.29 is 23.5 Å². The number of hydrogen-bond donors (Lipinski definition) is 0. The zero-order chi connectivity index (χ0) is 20.4. The van der Waals surface area contributed by atoms with E-state index in [0.29, 0.717) is 10.2 Å². The minimum Gasteiger partial charge on any atom is -0.454 e. The summed E-state index contributed by atoms with van der Waals surface area (Å²) in [6.45, 7) is 3.74. The number of benzene rings is 2. The summed E-state index contributed by atoms with van der Waals surface area (Å²) in [5, 5.41) is 0. The number of ketones is 2. The molecule has 2 aromatic carbocycles. The Morgan fingerprint density at radius 2 is 1.59 bits per heavy atom. The molecule has 2 heterocycles. The van der Waals surface area contributed by atoms with Gasteiger partial charge in [-0.1, -0.05) is 15.9 Å². The summed E-state index contributed by atoms with van der Waals surface area (Å²) in [6, 6.07) is 8.14. The van der Waals surface area contributed by atoms with Gasteiger partial charge in [0.05, 0.1) is 24.0 Å². The second-order valence-electron chi connectivity index (χ2n) is 8.23. The number of aryl methyl sites for hydroxylation is 2. The number of halogens is 2. The first kappa shape index (κ1) is 18.9. The van der Waals surface area contributed by atoms with Gasteiger partial charge >= 0.3 is 0 Å². The van der Waals surface area contributed by atoms with Crippen molar-refractivity contribution in [1.29, 1.82) is 0 Å². The van der Waals surface area contributed by atoms with Crippen molar-refractivity contribution in [3.8, 4) is 11.5 Å². The summed E-state index contributed by atoms with van der Waals surface area (Å²) in [6.07, 6.45) is 1.52. The van der Waals surface area contributed by atoms with Gasteiger partial charge in [-0.25, -0.2) is 4.39 Å². The van der Waals surface area contributed by atoms with Crippen LogP contribution in [0.2, 0.25) is 0 Å². The van der Waals surface area contributed by atoms with E-state index < -0.39 is 11.7 Å². The minimum absolute atomic E-state index is 0.00831. The lowest BCUT2D eigenvalue weighted by Crippen LogP contribution is -2.29. The number of fused-ring (bicyclic) bond motifs is 5. The summed E-state index contributed by atoms with van der Waals surface area (Å²) < 4.78 is 26.3. The molecule has 0 amide bonds. The SMILES string of the molecule is Cc1cc(Oc2ccc(Br)cc2F)cc(C)c1C1C(=O)[C@@H]2[C@H](C1=O)[C@H]1CC[C@@H]2O1. The highest BCUT2D eigenvalue weighted by Crippen LogP contribution is 2.53. The van der Waals surface area contributed by atoms with Crippen molar-refractivity contribution in [2.45, 2.75) is 44.8 Å². The Bertz CT molecular complexity index is 998. The number of carbonyl (C=O) groups is 2. The van der Waals surface area contributed by atoms with Crippen molar-refractivity contribution >= 4 is 27.5 Å². The van der Waals surface area contributed by atoms with Gasteiger partial charge in [0, 0.05) is 4.47 Å². The summed E-state index contributed by atoms with van der Waals surface area (Å²) in [7, 11) is 0. The Balaban J connectivity index is 1.48. The second-order valence-corrected chi connectivity index (χ2v) is 9.14. The Kier molecular flexibility index (Phi) is 4.40. The van der Waals surface area contributed by atoms with Crippen LogP contribution in [0.1, 0.15) is 35.4 Å². The van der Waals surface area contributed by atoms with Crippen LogP contribution >= 0.6 is 15.9 Å². The van der Waals surface area contributed by atoms with E-state index >= 15 is 0 Å². The third-order valence-corrected chi connectivity index (χ3v) is 6.97. The minimum atomic E-state index is -0.726. The number of carbonyl (C=O) groups excluding carboxylic acids is 2. The molecule has 2 aromatic rings. The Morgan fingerprint density at radius 1 is 1.00 bits per heavy atom. The van der Waals surface area contributed by atoms with Gasteiger partial charge < -0.3 is 9.47 Å². The standard InChI is InChI=1S/C23H20BrFO4/c1-10-7-13(28-15-4-3-12(24)9-14(15)25)8-11(2)18(10)21-22(26)19-16-5-6-17(29-16)20(19)23(21)27/h3-4,7-9,16-17,19-21H,5-6H2,1-2H3/t16-,17+,19-,20+,21?. The second kappa shape index (κ2) is 6.74. The molecule has 5 rings (SSSR count). The maximum atomic E-state index is 14.1. The number of ether oxygens (including phenoxy) is 2. The normalized spacial score (nSPS) is 30.1. The molecule has 4 nitrogen and oxygen atoms in total. The van der Waals surface area contributed by atoms with Gasteiger partial charge in [-0.15, -0.1) is 0 Å². The fourth-order valence-electron chi connectivity index (χ4n) is 5.34. The molecular formula is C23H20BrFO4. The van der Waals surface area contributed by atoms with Crippen LogP contribution in [0.4, 0.5) is 4.39 Å². The predicted octanol–water partition coefficient (Wildman–Crippen LogP) is 5.03. The molecule has 0 spiro atoms. The monoisotopic (exact) mass is 458 g/mol. The van der Waals surface area contributed by atoms with Gasteiger partial charge in [-0.2, -0.15) is 0 Å². The summed E-state index contributed by atoms with van der Waals surface area (Å²) in [5.41, 5.74) is 2.37. The van der Waals surface area contributed by atoms with Gasteiger partial charge in [-0.3, -0.25) is 9.59 Å². The van der Waals surface area contributed by atoms with Gasteiger partial charge in [0.2, 0.25) is 0 Å². The highest BCUT2D eigenvalue weighted by Gasteiger charge is 2.63. The van der Waals surface area contributed by atoms with Crippen LogP contribution in [-0.2, 0) is 14.3 Å². The quantitative estimate of drug-likeness (QED) is 0.605. The molecule has 1 unspecified atom stereocenters. The van der Waals surface area contributed by atoms with Crippen LogP contribution in [0.25, 0.3) is 0 Å². The van der Waals surface area contributed by atoms with E-state index in [-0.39, 0.29) is 41.4 Å². The lowest BCUT2D eigenvalue weighted by Gasteiger charge is -2.19. The lowest BCUT2D eigenvalue weighted by atomic mass is 9.81. The number of Topliss-reactive ketones (excluding diaryl/α,β-unsaturated/α-hetero) is 2. The van der Waals surface area contributed by atoms with Crippen LogP contribution in [0.15, 0.2) is 34.8 Å². The molecule has 1 saturated carbocycles. The molecule has 1 aliphatic carbocycles. The molecular weight excluding hydrogens is 439 g/mol. The topological polar surface area (TPSA) is 52.6 Å². The molecule has 3 aliphatic rings. The third-order valence-electron chi connectivity index (χ3n) is 6.48. The van der Waals surface area contributed by atoms with Crippen LogP contribution in [-0.4, -0.2) is 23.8 Å². The lowest BCUT2D eigenvalue weighted by molar-refractivity contribution is -0.127. The average Bonchev–Trinajstić information content (AvgIpc) is 3.33. The molecule has 0 N–H and O–H groups in total. The maximum Gasteiger partial charge on any atom is 0.166 e. The van der Waals surface area contributed by atoms with Crippen molar-refractivity contribution in [2.75, 3.05) is 0 Å². The maximum absolute atomic E-state index is 14.1. The highest BCUT2D eigenvalue weighted by molar-refractivity contribution is 9.10. The molecule has 0 radical (unpaired) electrons. The first-order valence-electron chi connectivity index (χ1n) is 9.82. The third kappa shape index (κ3) is 2.88. The van der Waals surface area contributed by atoms with E-state index in [1.165, 1.54) is 6.07 Å². The molecule has 150 valence electrons. The number of rotatable bonds is 3. The number of hydrogen-bond acceptors (Lipinski definition) is 4. The van der Waals surface area contributed by atoms with Crippen LogP contribution in [0.3, 0.4) is 0 Å². The largest absolute Gasteiger partial charge is 0.454 e. The van der Waals surface area contributed by atoms with Gasteiger partial charge in [0.1, 0.15) is 11.7 Å². The Hall–Kier alpha value is -2.05. The van der Waals surface area contributed by atoms with E-state index in [2.05, 4.69) is 15.9 Å². The van der Waals surface area contributed by atoms with Crippen molar-refractivity contribution in [2.24, 2.45) is 11.8 Å². The fraction of sp³-hybridized carbons (Fsp3) is 0.391. The zero-order valence-corrected chi connectivity index (χ0v) is 17.7. The molecule has 0 aromatic heterocycles. The molecule has 29 heavy (non-hydrogen) atoms. The summed E-state index contributed by atoms with van der Waals surface area (Å²) in [4.78, 5) is 26.3. The molecule has 2 bridgehead atoms.